The van der Waals surface area contributed by atoms with Crippen LogP contribution in [0, 0.1) is 0 Å². The molecule has 0 aliphatic carbocycles. The summed E-state index contributed by atoms with van der Waals surface area (Å²) in [7, 11) is 1.59. The highest BCUT2D eigenvalue weighted by Gasteiger charge is 2.29. The maximum Gasteiger partial charge on any atom is 0.347 e. The molecule has 100 valence electrons. The van der Waals surface area contributed by atoms with Gasteiger partial charge in [-0.1, -0.05) is 12.1 Å². The molecule has 1 aliphatic rings. The van der Waals surface area contributed by atoms with Gasteiger partial charge in [0.15, 0.2) is 0 Å². The van der Waals surface area contributed by atoms with Crippen LogP contribution in [0.5, 0.6) is 5.75 Å². The molecular weight excluding hydrogens is 248 g/mol. The van der Waals surface area contributed by atoms with Gasteiger partial charge in [-0.05, 0) is 23.8 Å². The Kier molecular flexibility index (Phi) is 4.18. The summed E-state index contributed by atoms with van der Waals surface area (Å²) in [6.07, 6.45) is 2.55. The topological polar surface area (TPSA) is 61.8 Å². The van der Waals surface area contributed by atoms with Crippen LogP contribution in [-0.4, -0.2) is 31.8 Å². The van der Waals surface area contributed by atoms with Crippen molar-refractivity contribution >= 4 is 18.0 Å². The van der Waals surface area contributed by atoms with Crippen molar-refractivity contribution in [2.45, 2.75) is 12.5 Å². The molecule has 5 heteroatoms. The van der Waals surface area contributed by atoms with Gasteiger partial charge in [-0.25, -0.2) is 9.59 Å². The first-order chi connectivity index (χ1) is 9.19. The number of hydrogen-bond donors (Lipinski definition) is 0. The average molecular weight is 262 g/mol. The van der Waals surface area contributed by atoms with Crippen LogP contribution < -0.4 is 4.74 Å². The number of esters is 2. The van der Waals surface area contributed by atoms with Crippen LogP contribution in [0.3, 0.4) is 0 Å². The van der Waals surface area contributed by atoms with E-state index >= 15 is 0 Å². The lowest BCUT2D eigenvalue weighted by molar-refractivity contribution is -0.156. The molecule has 1 saturated heterocycles. The predicted molar refractivity (Wildman–Crippen MR) is 67.5 cm³/mol. The molecule has 0 radical (unpaired) electrons. The predicted octanol–water partition coefficient (Wildman–Crippen LogP) is 1.57. The second-order valence-electron chi connectivity index (χ2n) is 3.99. The van der Waals surface area contributed by atoms with Gasteiger partial charge in [0.25, 0.3) is 0 Å². The fourth-order valence-corrected chi connectivity index (χ4v) is 1.64. The van der Waals surface area contributed by atoms with Crippen LogP contribution in [0.15, 0.2) is 30.3 Å². The molecule has 0 amide bonds. The number of hydrogen-bond acceptors (Lipinski definition) is 5. The third kappa shape index (κ3) is 3.58. The molecule has 0 N–H and O–H groups in total. The van der Waals surface area contributed by atoms with Crippen molar-refractivity contribution in [2.24, 2.45) is 0 Å². The van der Waals surface area contributed by atoms with E-state index in [2.05, 4.69) is 0 Å². The van der Waals surface area contributed by atoms with Gasteiger partial charge in [-0.3, -0.25) is 0 Å². The molecule has 0 saturated carbocycles. The zero-order valence-electron chi connectivity index (χ0n) is 10.5. The van der Waals surface area contributed by atoms with Crippen LogP contribution in [0.4, 0.5) is 0 Å². The molecule has 0 aromatic heterocycles. The molecule has 0 spiro atoms. The van der Waals surface area contributed by atoms with Crippen LogP contribution in [0.25, 0.3) is 6.08 Å². The van der Waals surface area contributed by atoms with Crippen molar-refractivity contribution in [3.8, 4) is 5.75 Å². The van der Waals surface area contributed by atoms with Gasteiger partial charge in [0.2, 0.25) is 6.10 Å². The number of methoxy groups -OCH3 is 1. The molecule has 0 unspecified atom stereocenters. The number of carbonyl (C=O) groups is 2. The summed E-state index contributed by atoms with van der Waals surface area (Å²) in [4.78, 5) is 22.6. The summed E-state index contributed by atoms with van der Waals surface area (Å²) in [6, 6.07) is 7.21. The first-order valence-electron chi connectivity index (χ1n) is 5.88. The minimum atomic E-state index is -0.770. The first-order valence-corrected chi connectivity index (χ1v) is 5.88. The summed E-state index contributed by atoms with van der Waals surface area (Å²) >= 11 is 0. The highest BCUT2D eigenvalue weighted by Crippen LogP contribution is 2.13. The van der Waals surface area contributed by atoms with E-state index in [0.717, 1.165) is 11.3 Å². The molecule has 2 rings (SSSR count). The molecular formula is C14H14O5. The van der Waals surface area contributed by atoms with Gasteiger partial charge in [0.05, 0.1) is 13.7 Å². The SMILES string of the molecule is COc1ccc(/C=C/C(=O)O[C@H]2CCOC2=O)cc1. The van der Waals surface area contributed by atoms with Crippen LogP contribution in [-0.2, 0) is 19.1 Å². The number of ether oxygens (including phenoxy) is 3. The Labute approximate surface area is 110 Å². The minimum absolute atomic E-state index is 0.305. The molecule has 1 atom stereocenters. The maximum atomic E-state index is 11.5. The van der Waals surface area contributed by atoms with Crippen molar-refractivity contribution < 1.29 is 23.8 Å². The summed E-state index contributed by atoms with van der Waals surface area (Å²) in [6.45, 7) is 0.305. The minimum Gasteiger partial charge on any atom is -0.497 e. The van der Waals surface area contributed by atoms with E-state index in [1.807, 2.05) is 12.1 Å². The fraction of sp³-hybridized carbons (Fsp3) is 0.286. The molecule has 0 bridgehead atoms. The monoisotopic (exact) mass is 262 g/mol. The number of benzene rings is 1. The Morgan fingerprint density at radius 3 is 2.68 bits per heavy atom. The summed E-state index contributed by atoms with van der Waals surface area (Å²) in [5, 5.41) is 0. The van der Waals surface area contributed by atoms with E-state index in [-0.39, 0.29) is 0 Å². The van der Waals surface area contributed by atoms with Gasteiger partial charge >= 0.3 is 11.9 Å². The van der Waals surface area contributed by atoms with Gasteiger partial charge in [0.1, 0.15) is 5.75 Å². The van der Waals surface area contributed by atoms with Crippen molar-refractivity contribution in [1.29, 1.82) is 0 Å². The summed E-state index contributed by atoms with van der Waals surface area (Å²) < 4.78 is 14.7. The van der Waals surface area contributed by atoms with Crippen molar-refractivity contribution in [3.05, 3.63) is 35.9 Å². The number of carbonyl (C=O) groups excluding carboxylic acids is 2. The zero-order valence-corrected chi connectivity index (χ0v) is 10.5. The molecule has 1 aromatic carbocycles. The molecule has 5 nitrogen and oxygen atoms in total. The summed E-state index contributed by atoms with van der Waals surface area (Å²) in [5.74, 6) is -0.292. The molecule has 1 fully saturated rings. The Hall–Kier alpha value is -2.30. The van der Waals surface area contributed by atoms with E-state index in [4.69, 9.17) is 14.2 Å². The van der Waals surface area contributed by atoms with Crippen molar-refractivity contribution in [1.82, 2.24) is 0 Å². The quantitative estimate of drug-likeness (QED) is 0.608. The van der Waals surface area contributed by atoms with Crippen LogP contribution in [0.2, 0.25) is 0 Å². The fourth-order valence-electron chi connectivity index (χ4n) is 1.64. The Morgan fingerprint density at radius 1 is 1.37 bits per heavy atom. The largest absolute Gasteiger partial charge is 0.497 e. The van der Waals surface area contributed by atoms with Gasteiger partial charge < -0.3 is 14.2 Å². The van der Waals surface area contributed by atoms with Gasteiger partial charge in [-0.2, -0.15) is 0 Å². The second kappa shape index (κ2) is 6.04. The molecule has 1 aliphatic heterocycles. The lowest BCUT2D eigenvalue weighted by atomic mass is 10.2. The zero-order chi connectivity index (χ0) is 13.7. The standard InChI is InChI=1S/C14H14O5/c1-17-11-5-2-10(3-6-11)4-7-13(15)19-12-8-9-18-14(12)16/h2-7,12H,8-9H2,1H3/b7-4+/t12-/m0/s1. The van der Waals surface area contributed by atoms with Gasteiger partial charge in [-0.15, -0.1) is 0 Å². The van der Waals surface area contributed by atoms with Crippen molar-refractivity contribution in [2.75, 3.05) is 13.7 Å². The van der Waals surface area contributed by atoms with E-state index in [0.29, 0.717) is 13.0 Å². The number of rotatable bonds is 4. The van der Waals surface area contributed by atoms with E-state index in [9.17, 15) is 9.59 Å². The van der Waals surface area contributed by atoms with Gasteiger partial charge in [0, 0.05) is 12.5 Å². The van der Waals surface area contributed by atoms with E-state index in [1.54, 1.807) is 25.3 Å². The third-order valence-electron chi connectivity index (χ3n) is 2.67. The maximum absolute atomic E-state index is 11.5. The smallest absolute Gasteiger partial charge is 0.347 e. The highest BCUT2D eigenvalue weighted by molar-refractivity contribution is 5.89. The van der Waals surface area contributed by atoms with E-state index in [1.165, 1.54) is 6.08 Å². The highest BCUT2D eigenvalue weighted by atomic mass is 16.6. The summed E-state index contributed by atoms with van der Waals surface area (Å²) in [5.41, 5.74) is 0.840. The van der Waals surface area contributed by atoms with Crippen LogP contribution >= 0.6 is 0 Å². The molecule has 1 aromatic rings. The second-order valence-corrected chi connectivity index (χ2v) is 3.99. The number of cyclic esters (lactones) is 1. The Balaban J connectivity index is 1.90. The Morgan fingerprint density at radius 2 is 2.11 bits per heavy atom. The lowest BCUT2D eigenvalue weighted by Gasteiger charge is -2.05. The average Bonchev–Trinajstić information content (AvgIpc) is 2.82. The first kappa shape index (κ1) is 13.1. The van der Waals surface area contributed by atoms with Crippen LogP contribution in [0.1, 0.15) is 12.0 Å². The third-order valence-corrected chi connectivity index (χ3v) is 2.67. The molecule has 1 heterocycles. The lowest BCUT2D eigenvalue weighted by Crippen LogP contribution is -2.21. The van der Waals surface area contributed by atoms with E-state index < -0.39 is 18.0 Å². The Bertz CT molecular complexity index is 489. The molecule has 19 heavy (non-hydrogen) atoms. The normalized spacial score (nSPS) is 18.4. The van der Waals surface area contributed by atoms with Crippen molar-refractivity contribution in [3.63, 3.8) is 0 Å².